The van der Waals surface area contributed by atoms with Crippen molar-refractivity contribution in [1.82, 2.24) is 9.88 Å². The Labute approximate surface area is 173 Å². The van der Waals surface area contributed by atoms with E-state index in [0.29, 0.717) is 18.7 Å². The lowest BCUT2D eigenvalue weighted by molar-refractivity contribution is -0.116. The number of pyridine rings is 1. The number of carbonyl (C=O) groups is 2. The summed E-state index contributed by atoms with van der Waals surface area (Å²) < 4.78 is 0. The number of carbonyl (C=O) groups excluding carboxylic acids is 2. The minimum absolute atomic E-state index is 0.00894. The molecule has 0 aliphatic carbocycles. The van der Waals surface area contributed by atoms with Crippen molar-refractivity contribution >= 4 is 17.5 Å². The maximum absolute atomic E-state index is 13.3. The van der Waals surface area contributed by atoms with Crippen molar-refractivity contribution in [3.63, 3.8) is 0 Å². The third kappa shape index (κ3) is 5.43. The molecule has 0 saturated carbocycles. The van der Waals surface area contributed by atoms with Gasteiger partial charge in [-0.3, -0.25) is 14.6 Å². The van der Waals surface area contributed by atoms with Gasteiger partial charge in [0.15, 0.2) is 0 Å². The summed E-state index contributed by atoms with van der Waals surface area (Å²) in [7, 11) is 0. The third-order valence-electron chi connectivity index (χ3n) is 5.61. The van der Waals surface area contributed by atoms with Crippen LogP contribution < -0.4 is 4.90 Å². The zero-order valence-electron chi connectivity index (χ0n) is 17.6. The summed E-state index contributed by atoms with van der Waals surface area (Å²) in [5.41, 5.74) is 3.33. The molecule has 0 atom stereocenters. The first-order chi connectivity index (χ1) is 14.1. The van der Waals surface area contributed by atoms with Crippen LogP contribution in [0.3, 0.4) is 0 Å². The zero-order chi connectivity index (χ0) is 20.6. The molecule has 1 aliphatic heterocycles. The number of rotatable bonds is 1. The second-order valence-electron chi connectivity index (χ2n) is 7.78. The second-order valence-corrected chi connectivity index (χ2v) is 7.78. The molecule has 0 bridgehead atoms. The van der Waals surface area contributed by atoms with Crippen molar-refractivity contribution in [3.8, 4) is 0 Å². The van der Waals surface area contributed by atoms with Crippen LogP contribution in [0.2, 0.25) is 0 Å². The number of para-hydroxylation sites is 1. The molecule has 0 unspecified atom stereocenters. The number of aromatic nitrogens is 1. The van der Waals surface area contributed by atoms with Gasteiger partial charge in [0, 0.05) is 44.1 Å². The normalized spacial score (nSPS) is 16.2. The third-order valence-corrected chi connectivity index (χ3v) is 5.61. The molecule has 29 heavy (non-hydrogen) atoms. The molecule has 0 N–H and O–H groups in total. The molecule has 1 aromatic carbocycles. The van der Waals surface area contributed by atoms with E-state index >= 15 is 0 Å². The number of benzene rings is 1. The Morgan fingerprint density at radius 2 is 1.59 bits per heavy atom. The quantitative estimate of drug-likeness (QED) is 0.703. The summed E-state index contributed by atoms with van der Waals surface area (Å²) in [6.07, 6.45) is 8.29. The van der Waals surface area contributed by atoms with Gasteiger partial charge in [-0.15, -0.1) is 0 Å². The number of hydrogen-bond acceptors (Lipinski definition) is 3. The highest BCUT2D eigenvalue weighted by Gasteiger charge is 2.22. The number of amides is 2. The van der Waals surface area contributed by atoms with E-state index in [1.807, 2.05) is 53.1 Å². The first-order valence-electron chi connectivity index (χ1n) is 10.6. The predicted octanol–water partition coefficient (Wildman–Crippen LogP) is 4.74. The molecule has 1 aliphatic rings. The first-order valence-corrected chi connectivity index (χ1v) is 10.6. The van der Waals surface area contributed by atoms with E-state index in [-0.39, 0.29) is 11.8 Å². The standard InChI is InChI=1S/C24H31N3O2/c1-19-22(13-11-15-25-19)24(29)26-16-9-5-3-4-6-10-17-27(20(2)28)23-14-8-7-12-21(23)18-26/h7-8,11-15H,3-6,9-10,16-18H2,1-2H3. The van der Waals surface area contributed by atoms with Crippen molar-refractivity contribution < 1.29 is 9.59 Å². The van der Waals surface area contributed by atoms with Crippen LogP contribution in [0.5, 0.6) is 0 Å². The minimum Gasteiger partial charge on any atom is -0.334 e. The van der Waals surface area contributed by atoms with Crippen molar-refractivity contribution in [2.75, 3.05) is 18.0 Å². The van der Waals surface area contributed by atoms with Gasteiger partial charge in [0.05, 0.1) is 5.56 Å². The Bertz CT molecular complexity index is 850. The van der Waals surface area contributed by atoms with Crippen molar-refractivity contribution in [2.45, 2.75) is 58.9 Å². The molecule has 0 spiro atoms. The molecule has 2 amide bonds. The topological polar surface area (TPSA) is 53.5 Å². The molecule has 2 aromatic rings. The maximum atomic E-state index is 13.3. The molecule has 0 fully saturated rings. The van der Waals surface area contributed by atoms with Gasteiger partial charge in [0.2, 0.25) is 5.91 Å². The Kier molecular flexibility index (Phi) is 7.39. The largest absolute Gasteiger partial charge is 0.334 e. The van der Waals surface area contributed by atoms with Crippen LogP contribution in [0.4, 0.5) is 5.69 Å². The number of hydrogen-bond donors (Lipinski definition) is 0. The second kappa shape index (κ2) is 10.2. The van der Waals surface area contributed by atoms with Gasteiger partial charge in [0.25, 0.3) is 5.91 Å². The molecule has 154 valence electrons. The van der Waals surface area contributed by atoms with Gasteiger partial charge >= 0.3 is 0 Å². The summed E-state index contributed by atoms with van der Waals surface area (Å²) in [5.74, 6) is 0.0583. The lowest BCUT2D eigenvalue weighted by Crippen LogP contribution is -2.34. The van der Waals surface area contributed by atoms with Crippen molar-refractivity contribution in [3.05, 3.63) is 59.4 Å². The fraction of sp³-hybridized carbons (Fsp3) is 0.458. The van der Waals surface area contributed by atoms with Gasteiger partial charge in [-0.05, 0) is 43.5 Å². The predicted molar refractivity (Wildman–Crippen MR) is 116 cm³/mol. The van der Waals surface area contributed by atoms with Crippen LogP contribution in [0.25, 0.3) is 0 Å². The summed E-state index contributed by atoms with van der Waals surface area (Å²) in [6, 6.07) is 11.6. The Balaban J connectivity index is 1.95. The van der Waals surface area contributed by atoms with E-state index in [4.69, 9.17) is 0 Å². The van der Waals surface area contributed by atoms with Crippen LogP contribution in [0, 0.1) is 6.92 Å². The molecular formula is C24H31N3O2. The number of fused-ring (bicyclic) bond motifs is 1. The molecule has 0 saturated heterocycles. The highest BCUT2D eigenvalue weighted by Crippen LogP contribution is 2.25. The van der Waals surface area contributed by atoms with Gasteiger partial charge in [-0.2, -0.15) is 0 Å². The summed E-state index contributed by atoms with van der Waals surface area (Å²) in [4.78, 5) is 33.8. The molecule has 2 heterocycles. The smallest absolute Gasteiger partial charge is 0.255 e. The van der Waals surface area contributed by atoms with E-state index < -0.39 is 0 Å². The Morgan fingerprint density at radius 1 is 0.897 bits per heavy atom. The van der Waals surface area contributed by atoms with Crippen LogP contribution >= 0.6 is 0 Å². The van der Waals surface area contributed by atoms with E-state index in [2.05, 4.69) is 4.98 Å². The summed E-state index contributed by atoms with van der Waals surface area (Å²) in [5, 5.41) is 0. The van der Waals surface area contributed by atoms with E-state index in [1.165, 1.54) is 12.8 Å². The average Bonchev–Trinajstić information content (AvgIpc) is 2.73. The highest BCUT2D eigenvalue weighted by molar-refractivity contribution is 5.95. The zero-order valence-corrected chi connectivity index (χ0v) is 17.6. The summed E-state index contributed by atoms with van der Waals surface area (Å²) in [6.45, 7) is 5.42. The molecule has 0 radical (unpaired) electrons. The van der Waals surface area contributed by atoms with E-state index in [1.54, 1.807) is 13.1 Å². The molecular weight excluding hydrogens is 362 g/mol. The Morgan fingerprint density at radius 3 is 2.31 bits per heavy atom. The first kappa shape index (κ1) is 21.0. The average molecular weight is 394 g/mol. The van der Waals surface area contributed by atoms with Gasteiger partial charge in [-0.1, -0.05) is 43.9 Å². The van der Waals surface area contributed by atoms with Gasteiger partial charge in [0.1, 0.15) is 0 Å². The Hall–Kier alpha value is -2.69. The van der Waals surface area contributed by atoms with E-state index in [9.17, 15) is 9.59 Å². The molecule has 1 aromatic heterocycles. The lowest BCUT2D eigenvalue weighted by atomic mass is 10.1. The monoisotopic (exact) mass is 393 g/mol. The van der Waals surface area contributed by atoms with Crippen LogP contribution in [-0.4, -0.2) is 34.8 Å². The minimum atomic E-state index is 0.00894. The van der Waals surface area contributed by atoms with Crippen molar-refractivity contribution in [2.24, 2.45) is 0 Å². The van der Waals surface area contributed by atoms with Gasteiger partial charge < -0.3 is 9.80 Å². The summed E-state index contributed by atoms with van der Waals surface area (Å²) >= 11 is 0. The molecule has 3 rings (SSSR count). The fourth-order valence-electron chi connectivity index (χ4n) is 3.97. The number of nitrogens with zero attached hydrogens (tertiary/aromatic N) is 3. The van der Waals surface area contributed by atoms with Crippen LogP contribution in [-0.2, 0) is 11.3 Å². The maximum Gasteiger partial charge on any atom is 0.255 e. The van der Waals surface area contributed by atoms with E-state index in [0.717, 1.165) is 49.2 Å². The molecule has 5 nitrogen and oxygen atoms in total. The van der Waals surface area contributed by atoms with Crippen LogP contribution in [0.15, 0.2) is 42.6 Å². The number of anilines is 1. The number of aryl methyl sites for hydroxylation is 1. The highest BCUT2D eigenvalue weighted by atomic mass is 16.2. The SMILES string of the molecule is CC(=O)N1CCCCCCCCN(C(=O)c2cccnc2C)Cc2ccccc21. The lowest BCUT2D eigenvalue weighted by Gasteiger charge is -2.28. The van der Waals surface area contributed by atoms with Gasteiger partial charge in [-0.25, -0.2) is 0 Å². The van der Waals surface area contributed by atoms with Crippen LogP contribution in [0.1, 0.15) is 67.1 Å². The molecule has 5 heteroatoms. The fourth-order valence-corrected chi connectivity index (χ4v) is 3.97. The van der Waals surface area contributed by atoms with Crippen molar-refractivity contribution in [1.29, 1.82) is 0 Å².